The zero-order valence-corrected chi connectivity index (χ0v) is 18.2. The Morgan fingerprint density at radius 2 is 2.03 bits per heavy atom. The van der Waals surface area contributed by atoms with Crippen molar-refractivity contribution in [2.75, 3.05) is 6.54 Å². The van der Waals surface area contributed by atoms with Crippen molar-refractivity contribution in [2.45, 2.75) is 26.4 Å². The van der Waals surface area contributed by atoms with E-state index in [1.165, 1.54) is 10.9 Å². The van der Waals surface area contributed by atoms with Gasteiger partial charge in [-0.3, -0.25) is 19.1 Å². The Hall–Kier alpha value is -3.65. The first-order chi connectivity index (χ1) is 15.5. The van der Waals surface area contributed by atoms with Crippen molar-refractivity contribution in [3.05, 3.63) is 70.0 Å². The van der Waals surface area contributed by atoms with Crippen LogP contribution in [0, 0.1) is 6.92 Å². The highest BCUT2D eigenvalue weighted by Crippen LogP contribution is 2.22. The van der Waals surface area contributed by atoms with Crippen LogP contribution in [0.15, 0.2) is 53.8 Å². The maximum Gasteiger partial charge on any atom is 0.277 e. The van der Waals surface area contributed by atoms with Crippen molar-refractivity contribution >= 4 is 50.5 Å². The Kier molecular flexibility index (Phi) is 5.14. The molecule has 0 fully saturated rings. The average Bonchev–Trinajstić information content (AvgIpc) is 3.34. The number of H-pyrrole nitrogens is 1. The number of aryl methyl sites for hydroxylation is 2. The Morgan fingerprint density at radius 1 is 1.16 bits per heavy atom. The topological polar surface area (TPSA) is 97.6 Å². The number of hydrogen-bond donors (Lipinski definition) is 2. The van der Waals surface area contributed by atoms with Crippen molar-refractivity contribution < 1.29 is 4.79 Å². The smallest absolute Gasteiger partial charge is 0.277 e. The van der Waals surface area contributed by atoms with Gasteiger partial charge in [0, 0.05) is 49.4 Å². The minimum Gasteiger partial charge on any atom is -0.354 e. The summed E-state index contributed by atoms with van der Waals surface area (Å²) < 4.78 is 3.46. The van der Waals surface area contributed by atoms with Crippen LogP contribution in [0.3, 0.4) is 0 Å². The molecule has 0 atom stereocenters. The van der Waals surface area contributed by atoms with Gasteiger partial charge in [0.05, 0.1) is 22.4 Å². The van der Waals surface area contributed by atoms with E-state index in [0.29, 0.717) is 29.1 Å². The van der Waals surface area contributed by atoms with E-state index in [4.69, 9.17) is 11.6 Å². The number of rotatable bonds is 6. The molecule has 9 heteroatoms. The monoisotopic (exact) mass is 448 g/mol. The first kappa shape index (κ1) is 20.3. The van der Waals surface area contributed by atoms with Gasteiger partial charge in [-0.25, -0.2) is 4.98 Å². The third-order valence-electron chi connectivity index (χ3n) is 5.57. The number of pyridine rings is 1. The molecule has 1 aromatic carbocycles. The summed E-state index contributed by atoms with van der Waals surface area (Å²) in [6.07, 6.45) is 5.23. The quantitative estimate of drug-likeness (QED) is 0.416. The van der Waals surface area contributed by atoms with Gasteiger partial charge < -0.3 is 14.9 Å². The lowest BCUT2D eigenvalue weighted by Gasteiger charge is -2.09. The molecule has 0 bridgehead atoms. The Morgan fingerprint density at radius 3 is 2.91 bits per heavy atom. The third-order valence-corrected chi connectivity index (χ3v) is 5.77. The highest BCUT2D eigenvalue weighted by atomic mass is 35.5. The molecule has 0 saturated heterocycles. The van der Waals surface area contributed by atoms with Crippen LogP contribution in [0.25, 0.3) is 33.0 Å². The zero-order valence-electron chi connectivity index (χ0n) is 17.4. The number of carbonyl (C=O) groups excluding carboxylic acids is 1. The zero-order chi connectivity index (χ0) is 22.2. The van der Waals surface area contributed by atoms with Crippen LogP contribution in [0.2, 0.25) is 5.02 Å². The molecule has 5 aromatic rings. The SMILES string of the molecule is Cc1ccc2[nH]c3c(=O)n(CCC(=O)NCCn4ccc5ncc(Cl)cc54)cnc3c2c1. The first-order valence-corrected chi connectivity index (χ1v) is 10.7. The third kappa shape index (κ3) is 3.73. The lowest BCUT2D eigenvalue weighted by molar-refractivity contribution is -0.121. The van der Waals surface area contributed by atoms with E-state index in [9.17, 15) is 9.59 Å². The molecule has 5 rings (SSSR count). The van der Waals surface area contributed by atoms with Gasteiger partial charge in [0.2, 0.25) is 5.91 Å². The lowest BCUT2D eigenvalue weighted by atomic mass is 10.2. The van der Waals surface area contributed by atoms with Gasteiger partial charge in [0.25, 0.3) is 5.56 Å². The summed E-state index contributed by atoms with van der Waals surface area (Å²) >= 11 is 6.03. The highest BCUT2D eigenvalue weighted by molar-refractivity contribution is 6.31. The lowest BCUT2D eigenvalue weighted by Crippen LogP contribution is -2.29. The molecule has 0 aliphatic heterocycles. The number of aromatic amines is 1. The van der Waals surface area contributed by atoms with Gasteiger partial charge in [0.15, 0.2) is 0 Å². The van der Waals surface area contributed by atoms with Crippen LogP contribution < -0.4 is 10.9 Å². The summed E-state index contributed by atoms with van der Waals surface area (Å²) in [6.45, 7) is 3.32. The predicted molar refractivity (Wildman–Crippen MR) is 125 cm³/mol. The van der Waals surface area contributed by atoms with Crippen molar-refractivity contribution in [3.8, 4) is 0 Å². The molecule has 0 unspecified atom stereocenters. The minimum absolute atomic E-state index is 0.128. The number of carbonyl (C=O) groups is 1. The second-order valence-electron chi connectivity index (χ2n) is 7.81. The highest BCUT2D eigenvalue weighted by Gasteiger charge is 2.12. The van der Waals surface area contributed by atoms with Gasteiger partial charge in [0.1, 0.15) is 11.0 Å². The largest absolute Gasteiger partial charge is 0.354 e. The maximum atomic E-state index is 12.9. The molecule has 4 aromatic heterocycles. The van der Waals surface area contributed by atoms with Crippen molar-refractivity contribution in [1.82, 2.24) is 29.4 Å². The standard InChI is InChI=1S/C23H21ClN6O2/c1-14-2-3-17-16(10-14)21-22(28-17)23(32)30(13-27-21)8-5-20(31)25-6-9-29-7-4-18-19(29)11-15(24)12-26-18/h2-4,7,10-13,28H,5-6,8-9H2,1H3,(H,25,31). The molecule has 0 spiro atoms. The number of hydrogen-bond acceptors (Lipinski definition) is 4. The van der Waals surface area contributed by atoms with Crippen LogP contribution in [-0.4, -0.2) is 36.5 Å². The van der Waals surface area contributed by atoms with E-state index >= 15 is 0 Å². The number of halogens is 1. The molecule has 32 heavy (non-hydrogen) atoms. The van der Waals surface area contributed by atoms with E-state index in [0.717, 1.165) is 27.5 Å². The second-order valence-corrected chi connectivity index (χ2v) is 8.24. The van der Waals surface area contributed by atoms with E-state index in [-0.39, 0.29) is 24.4 Å². The summed E-state index contributed by atoms with van der Waals surface area (Å²) in [7, 11) is 0. The van der Waals surface area contributed by atoms with Crippen LogP contribution in [-0.2, 0) is 17.9 Å². The molecule has 162 valence electrons. The summed E-state index contributed by atoms with van der Waals surface area (Å²) in [6, 6.07) is 9.71. The normalized spacial score (nSPS) is 11.6. The van der Waals surface area contributed by atoms with Crippen LogP contribution >= 0.6 is 11.6 Å². The molecule has 0 radical (unpaired) electrons. The molecular formula is C23H21ClN6O2. The fraction of sp³-hybridized carbons (Fsp3) is 0.217. The number of amides is 1. The molecule has 0 aliphatic rings. The molecule has 1 amide bonds. The van der Waals surface area contributed by atoms with Crippen molar-refractivity contribution in [2.24, 2.45) is 0 Å². The predicted octanol–water partition coefficient (Wildman–Crippen LogP) is 3.40. The summed E-state index contributed by atoms with van der Waals surface area (Å²) in [5.41, 5.74) is 4.69. The van der Waals surface area contributed by atoms with Gasteiger partial charge in [-0.15, -0.1) is 0 Å². The molecule has 0 saturated carbocycles. The van der Waals surface area contributed by atoms with Gasteiger partial charge >= 0.3 is 0 Å². The van der Waals surface area contributed by atoms with Gasteiger partial charge in [-0.2, -0.15) is 0 Å². The summed E-state index contributed by atoms with van der Waals surface area (Å²) in [5, 5.41) is 4.40. The molecule has 2 N–H and O–H groups in total. The summed E-state index contributed by atoms with van der Waals surface area (Å²) in [4.78, 5) is 37.1. The van der Waals surface area contributed by atoms with Crippen LogP contribution in [0.5, 0.6) is 0 Å². The van der Waals surface area contributed by atoms with Gasteiger partial charge in [-0.05, 0) is 31.2 Å². The number of nitrogens with zero attached hydrogens (tertiary/aromatic N) is 4. The first-order valence-electron chi connectivity index (χ1n) is 10.3. The molecule has 4 heterocycles. The van der Waals surface area contributed by atoms with Crippen LogP contribution in [0.4, 0.5) is 0 Å². The fourth-order valence-corrected chi connectivity index (χ4v) is 4.07. The Bertz CT molecular complexity index is 1530. The number of fused-ring (bicyclic) bond motifs is 4. The Labute approximate surface area is 187 Å². The fourth-order valence-electron chi connectivity index (χ4n) is 3.92. The second kappa shape index (κ2) is 8.12. The van der Waals surface area contributed by atoms with Crippen LogP contribution in [0.1, 0.15) is 12.0 Å². The number of aromatic nitrogens is 5. The number of nitrogens with one attached hydrogen (secondary N) is 2. The maximum absolute atomic E-state index is 12.9. The number of benzene rings is 1. The molecule has 0 aliphatic carbocycles. The summed E-state index contributed by atoms with van der Waals surface area (Å²) in [5.74, 6) is -0.128. The van der Waals surface area contributed by atoms with E-state index in [1.807, 2.05) is 48.0 Å². The molecule has 8 nitrogen and oxygen atoms in total. The Balaban J connectivity index is 1.23. The van der Waals surface area contributed by atoms with E-state index in [1.54, 1.807) is 6.20 Å². The van der Waals surface area contributed by atoms with Crippen molar-refractivity contribution in [1.29, 1.82) is 0 Å². The average molecular weight is 449 g/mol. The van der Waals surface area contributed by atoms with E-state index in [2.05, 4.69) is 20.3 Å². The van der Waals surface area contributed by atoms with Gasteiger partial charge in [-0.1, -0.05) is 23.2 Å². The molecular weight excluding hydrogens is 428 g/mol. The minimum atomic E-state index is -0.181. The van der Waals surface area contributed by atoms with Crippen molar-refractivity contribution in [3.63, 3.8) is 0 Å². The van der Waals surface area contributed by atoms with E-state index < -0.39 is 0 Å².